The van der Waals surface area contributed by atoms with Gasteiger partial charge in [0.05, 0.1) is 15.8 Å². The molecule has 0 aliphatic heterocycles. The second-order valence-electron chi connectivity index (χ2n) is 6.17. The van der Waals surface area contributed by atoms with E-state index in [2.05, 4.69) is 9.98 Å². The summed E-state index contributed by atoms with van der Waals surface area (Å²) in [5.41, 5.74) is 0.901. The molecule has 0 bridgehead atoms. The van der Waals surface area contributed by atoms with Crippen molar-refractivity contribution in [1.29, 1.82) is 0 Å². The average molecular weight is 335 g/mol. The van der Waals surface area contributed by atoms with Crippen LogP contribution in [0.4, 0.5) is 5.13 Å². The van der Waals surface area contributed by atoms with Crippen LogP contribution in [0, 0.1) is 5.41 Å². The highest BCUT2D eigenvalue weighted by atomic mass is 35.5. The molecule has 1 N–H and O–H groups in total. The largest absolute Gasteiger partial charge is 0.511 e. The number of aromatic nitrogens is 1. The van der Waals surface area contributed by atoms with E-state index in [0.717, 1.165) is 10.2 Å². The Kier molecular flexibility index (Phi) is 3.78. The molecular weight excluding hydrogens is 320 g/mol. The Morgan fingerprint density at radius 2 is 2.18 bits per heavy atom. The molecule has 0 saturated heterocycles. The average Bonchev–Trinajstić information content (AvgIpc) is 2.78. The number of fused-ring (bicyclic) bond motifs is 1. The number of aliphatic imine (C=N–C) groups is 1. The summed E-state index contributed by atoms with van der Waals surface area (Å²) in [5.74, 6) is 0.0239. The highest BCUT2D eigenvalue weighted by molar-refractivity contribution is 7.22. The molecular formula is C16H15ClN2O2S. The first kappa shape index (κ1) is 15.2. The number of Topliss-reactive ketones (excluding diaryl/α,β-unsaturated/α-hetero) is 1. The molecule has 22 heavy (non-hydrogen) atoms. The maximum atomic E-state index is 12.1. The summed E-state index contributed by atoms with van der Waals surface area (Å²) >= 11 is 7.34. The minimum Gasteiger partial charge on any atom is -0.511 e. The Morgan fingerprint density at radius 3 is 2.91 bits per heavy atom. The molecule has 0 amide bonds. The first-order chi connectivity index (χ1) is 10.3. The summed E-state index contributed by atoms with van der Waals surface area (Å²) < 4.78 is 0.939. The molecule has 0 atom stereocenters. The molecule has 0 saturated carbocycles. The molecule has 4 nitrogen and oxygen atoms in total. The number of ketones is 1. The Bertz CT molecular complexity index is 821. The van der Waals surface area contributed by atoms with Gasteiger partial charge in [-0.2, -0.15) is 0 Å². The zero-order chi connectivity index (χ0) is 15.9. The van der Waals surface area contributed by atoms with Crippen molar-refractivity contribution in [3.8, 4) is 0 Å². The van der Waals surface area contributed by atoms with Gasteiger partial charge in [0.2, 0.25) is 5.13 Å². The number of carbonyl (C=O) groups excluding carboxylic acids is 1. The fourth-order valence-corrected chi connectivity index (χ4v) is 3.60. The van der Waals surface area contributed by atoms with Crippen LogP contribution in [0.3, 0.4) is 0 Å². The Hall–Kier alpha value is -1.72. The summed E-state index contributed by atoms with van der Waals surface area (Å²) in [5, 5.41) is 11.2. The van der Waals surface area contributed by atoms with Crippen molar-refractivity contribution in [2.75, 3.05) is 0 Å². The molecule has 114 valence electrons. The van der Waals surface area contributed by atoms with Gasteiger partial charge in [-0.3, -0.25) is 4.79 Å². The second-order valence-corrected chi connectivity index (χ2v) is 7.61. The van der Waals surface area contributed by atoms with E-state index in [-0.39, 0.29) is 22.5 Å². The van der Waals surface area contributed by atoms with Gasteiger partial charge in [0, 0.05) is 24.1 Å². The van der Waals surface area contributed by atoms with Crippen LogP contribution in [-0.2, 0) is 4.79 Å². The topological polar surface area (TPSA) is 62.5 Å². The van der Waals surface area contributed by atoms with E-state index in [9.17, 15) is 9.90 Å². The number of benzene rings is 1. The number of halogens is 1. The van der Waals surface area contributed by atoms with E-state index in [1.54, 1.807) is 6.07 Å². The van der Waals surface area contributed by atoms with E-state index in [4.69, 9.17) is 11.6 Å². The molecule has 6 heteroatoms. The fourth-order valence-electron chi connectivity index (χ4n) is 2.51. The molecule has 0 unspecified atom stereocenters. The summed E-state index contributed by atoms with van der Waals surface area (Å²) in [7, 11) is 0. The quantitative estimate of drug-likeness (QED) is 0.798. The lowest BCUT2D eigenvalue weighted by atomic mass is 9.77. The van der Waals surface area contributed by atoms with Crippen LogP contribution in [0.1, 0.15) is 26.7 Å². The van der Waals surface area contributed by atoms with Gasteiger partial charge in [0.1, 0.15) is 5.76 Å². The number of hydrogen-bond acceptors (Lipinski definition) is 5. The predicted octanol–water partition coefficient (Wildman–Crippen LogP) is 4.85. The van der Waals surface area contributed by atoms with Gasteiger partial charge in [-0.15, -0.1) is 0 Å². The number of aliphatic hydroxyl groups excluding tert-OH is 1. The standard InChI is InChI=1S/C16H15ClN2O2S/c1-16(2)6-12(20)10(13(21)7-16)8-18-15-19-11-4-3-9(17)5-14(11)22-15/h3-5,8,20H,6-7H2,1-2H3. The van der Waals surface area contributed by atoms with Crippen molar-refractivity contribution >= 4 is 50.3 Å². The smallest absolute Gasteiger partial charge is 0.210 e. The van der Waals surface area contributed by atoms with Gasteiger partial charge in [-0.05, 0) is 23.6 Å². The second kappa shape index (κ2) is 5.48. The van der Waals surface area contributed by atoms with E-state index in [1.165, 1.54) is 17.6 Å². The third kappa shape index (κ3) is 3.05. The first-order valence-electron chi connectivity index (χ1n) is 6.89. The van der Waals surface area contributed by atoms with Crippen LogP contribution in [0.25, 0.3) is 10.2 Å². The van der Waals surface area contributed by atoms with Crippen molar-refractivity contribution in [1.82, 2.24) is 4.98 Å². The van der Waals surface area contributed by atoms with Gasteiger partial charge in [0.25, 0.3) is 0 Å². The van der Waals surface area contributed by atoms with Gasteiger partial charge < -0.3 is 5.11 Å². The van der Waals surface area contributed by atoms with Crippen molar-refractivity contribution in [3.63, 3.8) is 0 Å². The molecule has 2 aromatic rings. The van der Waals surface area contributed by atoms with Crippen LogP contribution >= 0.6 is 22.9 Å². The van der Waals surface area contributed by atoms with Crippen molar-refractivity contribution in [2.24, 2.45) is 10.4 Å². The normalized spacial score (nSPS) is 18.6. The maximum Gasteiger partial charge on any atom is 0.210 e. The van der Waals surface area contributed by atoms with Crippen LogP contribution in [-0.4, -0.2) is 22.1 Å². The molecule has 3 rings (SSSR count). The number of rotatable bonds is 2. The summed E-state index contributed by atoms with van der Waals surface area (Å²) in [6, 6.07) is 5.44. The van der Waals surface area contributed by atoms with Gasteiger partial charge >= 0.3 is 0 Å². The summed E-state index contributed by atoms with van der Waals surface area (Å²) in [4.78, 5) is 20.7. The minimum absolute atomic E-state index is 0.0818. The SMILES string of the molecule is CC1(C)CC(=O)C(C=Nc2nc3ccc(Cl)cc3s2)=C(O)C1. The number of hydrogen-bond donors (Lipinski definition) is 1. The van der Waals surface area contributed by atoms with Gasteiger partial charge in [0.15, 0.2) is 5.78 Å². The molecule has 0 spiro atoms. The molecule has 1 aliphatic carbocycles. The lowest BCUT2D eigenvalue weighted by Gasteiger charge is -2.28. The first-order valence-corrected chi connectivity index (χ1v) is 8.09. The Balaban J connectivity index is 1.90. The van der Waals surface area contributed by atoms with Crippen molar-refractivity contribution in [3.05, 3.63) is 34.6 Å². The Morgan fingerprint density at radius 1 is 1.41 bits per heavy atom. The maximum absolute atomic E-state index is 12.1. The minimum atomic E-state index is -0.203. The zero-order valence-electron chi connectivity index (χ0n) is 12.3. The monoisotopic (exact) mass is 334 g/mol. The van der Waals surface area contributed by atoms with E-state index < -0.39 is 0 Å². The zero-order valence-corrected chi connectivity index (χ0v) is 13.8. The van der Waals surface area contributed by atoms with Crippen LogP contribution < -0.4 is 0 Å². The molecule has 1 aromatic heterocycles. The number of allylic oxidation sites excluding steroid dienone is 2. The third-order valence-electron chi connectivity index (χ3n) is 3.54. The number of thiazole rings is 1. The van der Waals surface area contributed by atoms with E-state index in [0.29, 0.717) is 23.0 Å². The summed E-state index contributed by atoms with van der Waals surface area (Å²) in [6.45, 7) is 3.93. The highest BCUT2D eigenvalue weighted by Gasteiger charge is 2.32. The van der Waals surface area contributed by atoms with Crippen LogP contribution in [0.5, 0.6) is 0 Å². The number of aliphatic hydroxyl groups is 1. The lowest BCUT2D eigenvalue weighted by Crippen LogP contribution is -2.26. The molecule has 0 radical (unpaired) electrons. The van der Waals surface area contributed by atoms with Gasteiger partial charge in [-0.1, -0.05) is 36.8 Å². The molecule has 1 aliphatic rings. The molecule has 0 fully saturated rings. The van der Waals surface area contributed by atoms with E-state index in [1.807, 2.05) is 26.0 Å². The molecule has 1 heterocycles. The highest BCUT2D eigenvalue weighted by Crippen LogP contribution is 2.35. The summed E-state index contributed by atoms with van der Waals surface area (Å²) in [6.07, 6.45) is 2.32. The van der Waals surface area contributed by atoms with Crippen LogP contribution in [0.2, 0.25) is 5.02 Å². The fraction of sp³-hybridized carbons (Fsp3) is 0.312. The number of carbonyl (C=O) groups is 1. The lowest BCUT2D eigenvalue weighted by molar-refractivity contribution is -0.117. The predicted molar refractivity (Wildman–Crippen MR) is 90.5 cm³/mol. The van der Waals surface area contributed by atoms with Gasteiger partial charge in [-0.25, -0.2) is 9.98 Å². The van der Waals surface area contributed by atoms with E-state index >= 15 is 0 Å². The molecule has 1 aromatic carbocycles. The third-order valence-corrected chi connectivity index (χ3v) is 4.70. The van der Waals surface area contributed by atoms with Crippen molar-refractivity contribution < 1.29 is 9.90 Å². The van der Waals surface area contributed by atoms with Crippen LogP contribution in [0.15, 0.2) is 34.5 Å². The number of nitrogens with zero attached hydrogens (tertiary/aromatic N) is 2. The Labute approximate surface area is 137 Å². The van der Waals surface area contributed by atoms with Crippen molar-refractivity contribution in [2.45, 2.75) is 26.7 Å².